The van der Waals surface area contributed by atoms with Crippen LogP contribution in [0.2, 0.25) is 0 Å². The zero-order chi connectivity index (χ0) is 20.5. The number of furan rings is 1. The second-order valence-electron chi connectivity index (χ2n) is 7.02. The lowest BCUT2D eigenvalue weighted by Crippen LogP contribution is -2.43. The third-order valence-electron chi connectivity index (χ3n) is 5.12. The van der Waals surface area contributed by atoms with Gasteiger partial charge >= 0.3 is 0 Å². The third kappa shape index (κ3) is 3.52. The molecule has 0 radical (unpaired) electrons. The third-order valence-corrected chi connectivity index (χ3v) is 5.88. The number of carbonyl (C=O) groups excluding carboxylic acids is 2. The van der Waals surface area contributed by atoms with Crippen LogP contribution in [0.1, 0.15) is 23.4 Å². The summed E-state index contributed by atoms with van der Waals surface area (Å²) >= 11 is 1.34. The van der Waals surface area contributed by atoms with E-state index in [0.29, 0.717) is 37.1 Å². The summed E-state index contributed by atoms with van der Waals surface area (Å²) in [7, 11) is 0. The molecule has 0 aliphatic carbocycles. The number of likely N-dealkylation sites (tertiary alicyclic amines) is 1. The van der Waals surface area contributed by atoms with Crippen LogP contribution in [0.25, 0.3) is 11.3 Å². The molecule has 1 fully saturated rings. The van der Waals surface area contributed by atoms with Crippen molar-refractivity contribution in [2.45, 2.75) is 18.9 Å². The van der Waals surface area contributed by atoms with E-state index >= 15 is 0 Å². The van der Waals surface area contributed by atoms with Crippen molar-refractivity contribution in [2.24, 2.45) is 0 Å². The number of aromatic nitrogens is 1. The first-order chi connectivity index (χ1) is 14.7. The molecule has 4 heterocycles. The molecule has 0 unspecified atom stereocenters. The van der Waals surface area contributed by atoms with Gasteiger partial charge in [-0.1, -0.05) is 0 Å². The molecule has 5 rings (SSSR count). The summed E-state index contributed by atoms with van der Waals surface area (Å²) in [5, 5.41) is 5.22. The van der Waals surface area contributed by atoms with E-state index in [1.54, 1.807) is 17.0 Å². The Morgan fingerprint density at radius 2 is 2.03 bits per heavy atom. The van der Waals surface area contributed by atoms with Crippen LogP contribution in [0.15, 0.2) is 46.4 Å². The molecule has 0 saturated carbocycles. The normalized spacial score (nSPS) is 17.7. The van der Waals surface area contributed by atoms with Crippen LogP contribution in [0.5, 0.6) is 11.5 Å². The van der Waals surface area contributed by atoms with Gasteiger partial charge in [-0.05, 0) is 43.2 Å². The van der Waals surface area contributed by atoms with Crippen molar-refractivity contribution in [3.8, 4) is 22.8 Å². The number of amides is 2. The smallest absolute Gasteiger partial charge is 0.290 e. The van der Waals surface area contributed by atoms with Gasteiger partial charge in [0.25, 0.3) is 5.91 Å². The molecule has 0 bridgehead atoms. The average molecular weight is 425 g/mol. The zero-order valence-corrected chi connectivity index (χ0v) is 16.8. The Morgan fingerprint density at radius 1 is 1.17 bits per heavy atom. The molecular formula is C21H19N3O5S. The number of thiazole rings is 1. The molecule has 2 aliphatic rings. The number of fused-ring (bicyclic) bond motifs is 1. The summed E-state index contributed by atoms with van der Waals surface area (Å²) in [5.41, 5.74) is 1.62. The largest absolute Gasteiger partial charge is 0.486 e. The van der Waals surface area contributed by atoms with Gasteiger partial charge < -0.3 is 24.1 Å². The Morgan fingerprint density at radius 3 is 2.87 bits per heavy atom. The van der Waals surface area contributed by atoms with Crippen molar-refractivity contribution in [2.75, 3.05) is 25.1 Å². The van der Waals surface area contributed by atoms with Crippen molar-refractivity contribution in [1.82, 2.24) is 9.88 Å². The SMILES string of the molecule is O=C(Nc1nc(-c2ccc3c(c2)OCCO3)cs1)[C@@H]1CCCN1C(=O)c1ccco1. The van der Waals surface area contributed by atoms with Crippen LogP contribution < -0.4 is 14.8 Å². The summed E-state index contributed by atoms with van der Waals surface area (Å²) < 4.78 is 16.4. The molecule has 1 atom stereocenters. The molecular weight excluding hydrogens is 406 g/mol. The van der Waals surface area contributed by atoms with Crippen LogP contribution in [-0.2, 0) is 4.79 Å². The van der Waals surface area contributed by atoms with E-state index < -0.39 is 6.04 Å². The van der Waals surface area contributed by atoms with Gasteiger partial charge in [0.15, 0.2) is 22.4 Å². The first kappa shape index (κ1) is 18.7. The number of nitrogens with zero attached hydrogens (tertiary/aromatic N) is 2. The lowest BCUT2D eigenvalue weighted by atomic mass is 10.1. The number of anilines is 1. The van der Waals surface area contributed by atoms with Crippen molar-refractivity contribution >= 4 is 28.3 Å². The fraction of sp³-hybridized carbons (Fsp3) is 0.286. The van der Waals surface area contributed by atoms with Gasteiger partial charge in [0, 0.05) is 17.5 Å². The van der Waals surface area contributed by atoms with E-state index in [1.165, 1.54) is 17.6 Å². The molecule has 2 amide bonds. The minimum atomic E-state index is -0.538. The minimum Gasteiger partial charge on any atom is -0.486 e. The first-order valence-corrected chi connectivity index (χ1v) is 10.6. The molecule has 2 aromatic heterocycles. The zero-order valence-electron chi connectivity index (χ0n) is 16.0. The number of hydrogen-bond donors (Lipinski definition) is 1. The maximum Gasteiger partial charge on any atom is 0.290 e. The van der Waals surface area contributed by atoms with Crippen LogP contribution in [0.4, 0.5) is 5.13 Å². The highest BCUT2D eigenvalue weighted by atomic mass is 32.1. The number of nitrogens with one attached hydrogen (secondary N) is 1. The van der Waals surface area contributed by atoms with Crippen LogP contribution in [0.3, 0.4) is 0 Å². The highest BCUT2D eigenvalue weighted by molar-refractivity contribution is 7.14. The first-order valence-electron chi connectivity index (χ1n) is 9.70. The Bertz CT molecular complexity index is 1080. The van der Waals surface area contributed by atoms with Gasteiger partial charge in [-0.2, -0.15) is 0 Å². The number of rotatable bonds is 4. The quantitative estimate of drug-likeness (QED) is 0.688. The van der Waals surface area contributed by atoms with Crippen molar-refractivity contribution in [1.29, 1.82) is 0 Å². The van der Waals surface area contributed by atoms with E-state index in [4.69, 9.17) is 13.9 Å². The summed E-state index contributed by atoms with van der Waals surface area (Å²) in [4.78, 5) is 31.5. The summed E-state index contributed by atoms with van der Waals surface area (Å²) in [6, 6.07) is 8.39. The summed E-state index contributed by atoms with van der Waals surface area (Å²) in [6.07, 6.45) is 2.83. The topological polar surface area (TPSA) is 93.9 Å². The highest BCUT2D eigenvalue weighted by Crippen LogP contribution is 2.35. The van der Waals surface area contributed by atoms with E-state index in [0.717, 1.165) is 23.4 Å². The van der Waals surface area contributed by atoms with Crippen LogP contribution in [0, 0.1) is 0 Å². The number of hydrogen-bond acceptors (Lipinski definition) is 7. The van der Waals surface area contributed by atoms with E-state index in [2.05, 4.69) is 10.3 Å². The number of benzene rings is 1. The van der Waals surface area contributed by atoms with Gasteiger partial charge in [0.1, 0.15) is 19.3 Å². The van der Waals surface area contributed by atoms with E-state index in [-0.39, 0.29) is 17.6 Å². The Labute approximate surface area is 176 Å². The molecule has 0 spiro atoms. The van der Waals surface area contributed by atoms with Gasteiger partial charge in [-0.25, -0.2) is 4.98 Å². The summed E-state index contributed by atoms with van der Waals surface area (Å²) in [6.45, 7) is 1.58. The Kier molecular flexibility index (Phi) is 4.88. The predicted octanol–water partition coefficient (Wildman–Crippen LogP) is 3.42. The lowest BCUT2D eigenvalue weighted by Gasteiger charge is -2.22. The molecule has 3 aromatic rings. The van der Waals surface area contributed by atoms with Crippen molar-refractivity contribution in [3.63, 3.8) is 0 Å². The van der Waals surface area contributed by atoms with Gasteiger partial charge in [-0.15, -0.1) is 11.3 Å². The van der Waals surface area contributed by atoms with Crippen LogP contribution >= 0.6 is 11.3 Å². The molecule has 2 aliphatic heterocycles. The monoisotopic (exact) mass is 425 g/mol. The number of carbonyl (C=O) groups is 2. The molecule has 9 heteroatoms. The van der Waals surface area contributed by atoms with Crippen molar-refractivity contribution < 1.29 is 23.5 Å². The second kappa shape index (κ2) is 7.83. The minimum absolute atomic E-state index is 0.240. The van der Waals surface area contributed by atoms with E-state index in [9.17, 15) is 9.59 Å². The molecule has 1 saturated heterocycles. The molecule has 1 aromatic carbocycles. The molecule has 1 N–H and O–H groups in total. The Balaban J connectivity index is 1.29. The molecule has 154 valence electrons. The van der Waals surface area contributed by atoms with E-state index in [1.807, 2.05) is 23.6 Å². The fourth-order valence-corrected chi connectivity index (χ4v) is 4.40. The number of ether oxygens (including phenoxy) is 2. The molecule has 8 nitrogen and oxygen atoms in total. The van der Waals surface area contributed by atoms with Crippen molar-refractivity contribution in [3.05, 3.63) is 47.7 Å². The standard InChI is InChI=1S/C21H19N3O5S/c25-19(15-3-1-7-24(15)20(26)17-4-2-8-27-17)23-21-22-14(12-30-21)13-5-6-16-18(11-13)29-10-9-28-16/h2,4-6,8,11-12,15H,1,3,7,9-10H2,(H,22,23,25)/t15-/m0/s1. The van der Waals surface area contributed by atoms with Gasteiger partial charge in [-0.3, -0.25) is 9.59 Å². The fourth-order valence-electron chi connectivity index (χ4n) is 3.68. The maximum atomic E-state index is 12.8. The lowest BCUT2D eigenvalue weighted by molar-refractivity contribution is -0.119. The highest BCUT2D eigenvalue weighted by Gasteiger charge is 2.35. The molecule has 30 heavy (non-hydrogen) atoms. The second-order valence-corrected chi connectivity index (χ2v) is 7.88. The predicted molar refractivity (Wildman–Crippen MR) is 110 cm³/mol. The average Bonchev–Trinajstić information content (AvgIpc) is 3.54. The maximum absolute atomic E-state index is 12.8. The van der Waals surface area contributed by atoms with Gasteiger partial charge in [0.05, 0.1) is 12.0 Å². The Hall–Kier alpha value is -3.33. The summed E-state index contributed by atoms with van der Waals surface area (Å²) in [5.74, 6) is 1.14. The van der Waals surface area contributed by atoms with Gasteiger partial charge in [0.2, 0.25) is 5.91 Å². The van der Waals surface area contributed by atoms with Crippen LogP contribution in [-0.4, -0.2) is 47.5 Å².